The lowest BCUT2D eigenvalue weighted by molar-refractivity contribution is 0.0697. The van der Waals surface area contributed by atoms with Crippen LogP contribution in [0.25, 0.3) is 0 Å². The molecule has 2 rings (SSSR count). The Morgan fingerprint density at radius 1 is 1.16 bits per heavy atom. The molecule has 98 valence electrons. The Labute approximate surface area is 120 Å². The van der Waals surface area contributed by atoms with Gasteiger partial charge < -0.3 is 10.4 Å². The van der Waals surface area contributed by atoms with Gasteiger partial charge in [-0.2, -0.15) is 0 Å². The van der Waals surface area contributed by atoms with Crippen LogP contribution in [0.15, 0.2) is 36.4 Å². The first-order valence-corrected chi connectivity index (χ1v) is 6.29. The van der Waals surface area contributed by atoms with Crippen molar-refractivity contribution < 1.29 is 9.90 Å². The Hall–Kier alpha value is -1.71. The van der Waals surface area contributed by atoms with Gasteiger partial charge in [-0.05, 0) is 36.8 Å². The van der Waals surface area contributed by atoms with Crippen molar-refractivity contribution >= 4 is 40.5 Å². The van der Waals surface area contributed by atoms with Gasteiger partial charge in [-0.25, -0.2) is 4.79 Å². The van der Waals surface area contributed by atoms with Gasteiger partial charge in [-0.3, -0.25) is 0 Å². The molecule has 0 saturated carbocycles. The molecule has 19 heavy (non-hydrogen) atoms. The summed E-state index contributed by atoms with van der Waals surface area (Å²) in [6.07, 6.45) is 0. The van der Waals surface area contributed by atoms with Crippen LogP contribution in [0.4, 0.5) is 11.4 Å². The molecule has 3 nitrogen and oxygen atoms in total. The Kier molecular flexibility index (Phi) is 3.98. The smallest absolute Gasteiger partial charge is 0.335 e. The van der Waals surface area contributed by atoms with Crippen molar-refractivity contribution in [2.24, 2.45) is 0 Å². The predicted molar refractivity (Wildman–Crippen MR) is 77.9 cm³/mol. The summed E-state index contributed by atoms with van der Waals surface area (Å²) in [4.78, 5) is 11.0. The molecular weight excluding hydrogens is 285 g/mol. The molecule has 0 spiro atoms. The van der Waals surface area contributed by atoms with Crippen molar-refractivity contribution in [3.05, 3.63) is 57.6 Å². The Morgan fingerprint density at radius 2 is 1.89 bits per heavy atom. The lowest BCUT2D eigenvalue weighted by Crippen LogP contribution is -2.00. The summed E-state index contributed by atoms with van der Waals surface area (Å²) in [5.74, 6) is -0.972. The van der Waals surface area contributed by atoms with Crippen LogP contribution in [0.3, 0.4) is 0 Å². The van der Waals surface area contributed by atoms with E-state index in [-0.39, 0.29) is 5.56 Å². The molecule has 0 aromatic heterocycles. The third-order valence-corrected chi connectivity index (χ3v) is 3.52. The van der Waals surface area contributed by atoms with Gasteiger partial charge >= 0.3 is 5.97 Å². The number of nitrogens with one attached hydrogen (secondary N) is 1. The van der Waals surface area contributed by atoms with E-state index in [4.69, 9.17) is 28.3 Å². The lowest BCUT2D eigenvalue weighted by atomic mass is 10.1. The second kappa shape index (κ2) is 5.51. The molecule has 0 unspecified atom stereocenters. The van der Waals surface area contributed by atoms with E-state index in [1.807, 2.05) is 6.92 Å². The molecule has 2 N–H and O–H groups in total. The highest BCUT2D eigenvalue weighted by Gasteiger charge is 2.09. The van der Waals surface area contributed by atoms with Crippen molar-refractivity contribution in [2.45, 2.75) is 6.92 Å². The second-order valence-corrected chi connectivity index (χ2v) is 4.85. The number of hydrogen-bond donors (Lipinski definition) is 2. The summed E-state index contributed by atoms with van der Waals surface area (Å²) in [6, 6.07) is 10.1. The van der Waals surface area contributed by atoms with E-state index in [1.165, 1.54) is 0 Å². The topological polar surface area (TPSA) is 49.3 Å². The summed E-state index contributed by atoms with van der Waals surface area (Å²) >= 11 is 12.0. The number of carbonyl (C=O) groups is 1. The number of carboxylic acid groups (broad SMARTS) is 1. The number of rotatable bonds is 3. The van der Waals surface area contributed by atoms with Gasteiger partial charge in [-0.1, -0.05) is 35.3 Å². The highest BCUT2D eigenvalue weighted by molar-refractivity contribution is 6.43. The minimum Gasteiger partial charge on any atom is -0.478 e. The number of hydrogen-bond acceptors (Lipinski definition) is 2. The summed E-state index contributed by atoms with van der Waals surface area (Å²) in [5.41, 5.74) is 2.45. The summed E-state index contributed by atoms with van der Waals surface area (Å²) in [6.45, 7) is 1.88. The zero-order valence-corrected chi connectivity index (χ0v) is 11.6. The monoisotopic (exact) mass is 295 g/mol. The molecule has 0 bridgehead atoms. The highest BCUT2D eigenvalue weighted by Crippen LogP contribution is 2.32. The minimum absolute atomic E-state index is 0.214. The van der Waals surface area contributed by atoms with Gasteiger partial charge in [0.25, 0.3) is 0 Å². The van der Waals surface area contributed by atoms with Crippen LogP contribution < -0.4 is 5.32 Å². The fourth-order valence-electron chi connectivity index (χ4n) is 1.64. The van der Waals surface area contributed by atoms with Gasteiger partial charge in [0.1, 0.15) is 0 Å². The SMILES string of the molecule is Cc1ccc(C(=O)O)cc1Nc1cccc(Cl)c1Cl. The van der Waals surface area contributed by atoms with E-state index in [9.17, 15) is 4.79 Å². The first-order chi connectivity index (χ1) is 8.99. The molecule has 0 aliphatic carbocycles. The van der Waals surface area contributed by atoms with Crippen LogP contribution in [0.1, 0.15) is 15.9 Å². The highest BCUT2D eigenvalue weighted by atomic mass is 35.5. The van der Waals surface area contributed by atoms with Crippen LogP contribution in [0.2, 0.25) is 10.0 Å². The standard InChI is InChI=1S/C14H11Cl2NO2/c1-8-5-6-9(14(18)19)7-12(8)17-11-4-2-3-10(15)13(11)16/h2-7,17H,1H3,(H,18,19). The second-order valence-electron chi connectivity index (χ2n) is 4.06. The summed E-state index contributed by atoms with van der Waals surface area (Å²) in [7, 11) is 0. The van der Waals surface area contributed by atoms with Gasteiger partial charge in [0, 0.05) is 5.69 Å². The number of aromatic carboxylic acids is 1. The fraction of sp³-hybridized carbons (Fsp3) is 0.0714. The third-order valence-electron chi connectivity index (χ3n) is 2.71. The molecule has 0 heterocycles. The van der Waals surface area contributed by atoms with Crippen LogP contribution in [0.5, 0.6) is 0 Å². The molecule has 0 aliphatic rings. The van der Waals surface area contributed by atoms with Crippen molar-refractivity contribution in [1.29, 1.82) is 0 Å². The first-order valence-electron chi connectivity index (χ1n) is 5.54. The Morgan fingerprint density at radius 3 is 2.58 bits per heavy atom. The molecule has 0 radical (unpaired) electrons. The first kappa shape index (κ1) is 13.7. The summed E-state index contributed by atoms with van der Waals surface area (Å²) < 4.78 is 0. The molecule has 2 aromatic rings. The maximum Gasteiger partial charge on any atom is 0.335 e. The predicted octanol–water partition coefficient (Wildman–Crippen LogP) is 4.74. The van der Waals surface area contributed by atoms with E-state index in [0.29, 0.717) is 21.4 Å². The summed E-state index contributed by atoms with van der Waals surface area (Å²) in [5, 5.41) is 12.9. The number of benzene rings is 2. The van der Waals surface area contributed by atoms with Crippen molar-refractivity contribution in [1.82, 2.24) is 0 Å². The molecule has 0 fully saturated rings. The van der Waals surface area contributed by atoms with Gasteiger partial charge in [0.2, 0.25) is 0 Å². The largest absolute Gasteiger partial charge is 0.478 e. The van der Waals surface area contributed by atoms with Crippen molar-refractivity contribution in [2.75, 3.05) is 5.32 Å². The number of halogens is 2. The van der Waals surface area contributed by atoms with E-state index in [1.54, 1.807) is 36.4 Å². The van der Waals surface area contributed by atoms with Gasteiger partial charge in [0.15, 0.2) is 0 Å². The number of aryl methyl sites for hydroxylation is 1. The van der Waals surface area contributed by atoms with Crippen LogP contribution in [-0.4, -0.2) is 11.1 Å². The third kappa shape index (κ3) is 3.00. The molecule has 0 saturated heterocycles. The van der Waals surface area contributed by atoms with E-state index in [0.717, 1.165) is 5.56 Å². The normalized spacial score (nSPS) is 10.3. The maximum atomic E-state index is 11.0. The van der Waals surface area contributed by atoms with Crippen LogP contribution >= 0.6 is 23.2 Å². The number of carboxylic acids is 1. The number of anilines is 2. The molecule has 0 amide bonds. The quantitative estimate of drug-likeness (QED) is 0.859. The average Bonchev–Trinajstić information content (AvgIpc) is 2.37. The van der Waals surface area contributed by atoms with Crippen molar-refractivity contribution in [3.63, 3.8) is 0 Å². The van der Waals surface area contributed by atoms with E-state index < -0.39 is 5.97 Å². The van der Waals surface area contributed by atoms with E-state index in [2.05, 4.69) is 5.32 Å². The molecule has 2 aromatic carbocycles. The molecule has 5 heteroatoms. The zero-order chi connectivity index (χ0) is 14.0. The van der Waals surface area contributed by atoms with E-state index >= 15 is 0 Å². The lowest BCUT2D eigenvalue weighted by Gasteiger charge is -2.12. The molecule has 0 atom stereocenters. The maximum absolute atomic E-state index is 11.0. The van der Waals surface area contributed by atoms with Gasteiger partial charge in [-0.15, -0.1) is 0 Å². The molecule has 0 aliphatic heterocycles. The zero-order valence-electron chi connectivity index (χ0n) is 10.1. The minimum atomic E-state index is -0.972. The Balaban J connectivity index is 2.40. The average molecular weight is 296 g/mol. The van der Waals surface area contributed by atoms with Crippen LogP contribution in [0, 0.1) is 6.92 Å². The Bertz CT molecular complexity index is 641. The van der Waals surface area contributed by atoms with Crippen LogP contribution in [-0.2, 0) is 0 Å². The fourth-order valence-corrected chi connectivity index (χ4v) is 1.98. The van der Waals surface area contributed by atoms with Gasteiger partial charge in [0.05, 0.1) is 21.3 Å². The van der Waals surface area contributed by atoms with Crippen molar-refractivity contribution in [3.8, 4) is 0 Å². The molecular formula is C14H11Cl2NO2.